The van der Waals surface area contributed by atoms with Crippen molar-refractivity contribution in [3.05, 3.63) is 24.3 Å². The number of benzene rings is 1. The summed E-state index contributed by atoms with van der Waals surface area (Å²) in [6, 6.07) is 6.45. The maximum atomic E-state index is 11.4. The fraction of sp³-hybridized carbons (Fsp3) is 0.385. The summed E-state index contributed by atoms with van der Waals surface area (Å²) < 4.78 is 10.4. The highest BCUT2D eigenvalue weighted by Gasteiger charge is 2.30. The fourth-order valence-electron chi connectivity index (χ4n) is 1.79. The van der Waals surface area contributed by atoms with Gasteiger partial charge < -0.3 is 19.9 Å². The molecule has 1 aliphatic rings. The van der Waals surface area contributed by atoms with Crippen molar-refractivity contribution in [1.29, 1.82) is 0 Å². The number of nitrogens with zero attached hydrogens (tertiary/aromatic N) is 1. The van der Waals surface area contributed by atoms with Crippen LogP contribution in [0.3, 0.4) is 0 Å². The van der Waals surface area contributed by atoms with Gasteiger partial charge in [0, 0.05) is 6.07 Å². The Morgan fingerprint density at radius 3 is 2.80 bits per heavy atom. The average molecular weight is 280 g/mol. The Labute approximate surface area is 116 Å². The topological polar surface area (TPSA) is 88.1 Å². The molecular weight excluding hydrogens is 264 g/mol. The van der Waals surface area contributed by atoms with Crippen LogP contribution in [0.25, 0.3) is 0 Å². The van der Waals surface area contributed by atoms with Gasteiger partial charge in [0.2, 0.25) is 5.91 Å². The third-order valence-electron chi connectivity index (χ3n) is 2.81. The molecule has 0 bridgehead atoms. The van der Waals surface area contributed by atoms with Crippen LogP contribution in [0.2, 0.25) is 0 Å². The van der Waals surface area contributed by atoms with Gasteiger partial charge in [-0.3, -0.25) is 9.69 Å². The molecule has 1 aromatic carbocycles. The molecule has 3 amide bonds. The van der Waals surface area contributed by atoms with E-state index in [1.54, 1.807) is 31.4 Å². The summed E-state index contributed by atoms with van der Waals surface area (Å²) in [7, 11) is 1.55. The van der Waals surface area contributed by atoms with E-state index in [4.69, 9.17) is 9.47 Å². The van der Waals surface area contributed by atoms with E-state index in [1.165, 1.54) is 0 Å². The Hall–Kier alpha value is -2.28. The van der Waals surface area contributed by atoms with Gasteiger partial charge in [0.25, 0.3) is 0 Å². The normalized spacial score (nSPS) is 16.0. The number of amides is 3. The molecule has 7 heteroatoms. The van der Waals surface area contributed by atoms with Gasteiger partial charge in [-0.1, -0.05) is 6.07 Å². The summed E-state index contributed by atoms with van der Waals surface area (Å²) in [6.07, 6.45) is -0.950. The minimum Gasteiger partial charge on any atom is -0.497 e. The van der Waals surface area contributed by atoms with Gasteiger partial charge in [0.1, 0.15) is 24.2 Å². The number of nitrogens with one attached hydrogen (secondary N) is 1. The Bertz CT molecular complexity index is 489. The van der Waals surface area contributed by atoms with E-state index in [9.17, 15) is 14.7 Å². The molecule has 0 aliphatic carbocycles. The maximum absolute atomic E-state index is 11.4. The van der Waals surface area contributed by atoms with Gasteiger partial charge in [0.05, 0.1) is 20.2 Å². The largest absolute Gasteiger partial charge is 0.497 e. The second-order valence-corrected chi connectivity index (χ2v) is 4.31. The smallest absolute Gasteiger partial charge is 0.324 e. The van der Waals surface area contributed by atoms with Crippen molar-refractivity contribution in [3.8, 4) is 11.5 Å². The van der Waals surface area contributed by atoms with E-state index in [0.29, 0.717) is 11.5 Å². The zero-order valence-electron chi connectivity index (χ0n) is 11.0. The maximum Gasteiger partial charge on any atom is 0.324 e. The van der Waals surface area contributed by atoms with Crippen molar-refractivity contribution in [2.24, 2.45) is 0 Å². The third-order valence-corrected chi connectivity index (χ3v) is 2.81. The van der Waals surface area contributed by atoms with E-state index in [2.05, 4.69) is 5.32 Å². The second-order valence-electron chi connectivity index (χ2n) is 4.31. The van der Waals surface area contributed by atoms with Crippen molar-refractivity contribution >= 4 is 11.9 Å². The Kier molecular flexibility index (Phi) is 4.41. The molecule has 1 aliphatic heterocycles. The lowest BCUT2D eigenvalue weighted by Crippen LogP contribution is -2.39. The first-order valence-electron chi connectivity index (χ1n) is 6.13. The van der Waals surface area contributed by atoms with E-state index in [0.717, 1.165) is 4.90 Å². The predicted octanol–water partition coefficient (Wildman–Crippen LogP) is -0.0133. The van der Waals surface area contributed by atoms with Crippen molar-refractivity contribution in [2.75, 3.05) is 26.8 Å². The number of methoxy groups -OCH3 is 1. The molecular formula is C13H16N2O5. The Balaban J connectivity index is 1.84. The first kappa shape index (κ1) is 14.1. The van der Waals surface area contributed by atoms with Crippen molar-refractivity contribution < 1.29 is 24.2 Å². The number of aliphatic hydroxyl groups excluding tert-OH is 1. The fourth-order valence-corrected chi connectivity index (χ4v) is 1.79. The van der Waals surface area contributed by atoms with Gasteiger partial charge >= 0.3 is 6.03 Å². The minimum atomic E-state index is -0.950. The number of ether oxygens (including phenoxy) is 2. The molecule has 108 valence electrons. The van der Waals surface area contributed by atoms with Crippen LogP contribution in [0.15, 0.2) is 24.3 Å². The number of hydrogen-bond acceptors (Lipinski definition) is 5. The van der Waals surface area contributed by atoms with Crippen molar-refractivity contribution in [1.82, 2.24) is 10.2 Å². The number of β-amino-alcohol motifs (C(OH)–C–C–N with tert-alkyl or cyclic N) is 1. The highest BCUT2D eigenvalue weighted by molar-refractivity contribution is 6.01. The van der Waals surface area contributed by atoms with Gasteiger partial charge in [-0.05, 0) is 12.1 Å². The van der Waals surface area contributed by atoms with E-state index in [-0.39, 0.29) is 25.6 Å². The summed E-state index contributed by atoms with van der Waals surface area (Å²) in [4.78, 5) is 23.6. The molecule has 1 saturated heterocycles. The molecule has 1 unspecified atom stereocenters. The summed E-state index contributed by atoms with van der Waals surface area (Å²) in [5.74, 6) is 0.835. The average Bonchev–Trinajstić information content (AvgIpc) is 2.77. The molecule has 20 heavy (non-hydrogen) atoms. The van der Waals surface area contributed by atoms with Crippen LogP contribution in [0.5, 0.6) is 11.5 Å². The van der Waals surface area contributed by atoms with Gasteiger partial charge in [-0.25, -0.2) is 4.79 Å². The molecule has 1 fully saturated rings. The molecule has 0 radical (unpaired) electrons. The lowest BCUT2D eigenvalue weighted by atomic mass is 10.3. The van der Waals surface area contributed by atoms with Crippen LogP contribution in [0, 0.1) is 0 Å². The van der Waals surface area contributed by atoms with Crippen LogP contribution in [0.4, 0.5) is 4.79 Å². The SMILES string of the molecule is COc1cccc(OCC(O)CN2C(=O)CNC2=O)c1. The Morgan fingerprint density at radius 2 is 2.15 bits per heavy atom. The number of hydrogen-bond donors (Lipinski definition) is 2. The number of carbonyl (C=O) groups is 2. The first-order chi connectivity index (χ1) is 9.60. The highest BCUT2D eigenvalue weighted by atomic mass is 16.5. The summed E-state index contributed by atoms with van der Waals surface area (Å²) >= 11 is 0. The molecule has 0 spiro atoms. The molecule has 1 aromatic rings. The number of urea groups is 1. The highest BCUT2D eigenvalue weighted by Crippen LogP contribution is 2.19. The van der Waals surface area contributed by atoms with Crippen LogP contribution >= 0.6 is 0 Å². The molecule has 2 rings (SSSR count). The number of aliphatic hydroxyl groups is 1. The summed E-state index contributed by atoms with van der Waals surface area (Å²) in [5, 5.41) is 12.2. The van der Waals surface area contributed by atoms with Crippen LogP contribution in [-0.2, 0) is 4.79 Å². The summed E-state index contributed by atoms with van der Waals surface area (Å²) in [6.45, 7) is -0.138. The molecule has 1 atom stereocenters. The van der Waals surface area contributed by atoms with Crippen molar-refractivity contribution in [3.63, 3.8) is 0 Å². The van der Waals surface area contributed by atoms with Crippen LogP contribution in [-0.4, -0.2) is 54.9 Å². The van der Waals surface area contributed by atoms with Crippen LogP contribution < -0.4 is 14.8 Å². The second kappa shape index (κ2) is 6.25. The van der Waals surface area contributed by atoms with E-state index >= 15 is 0 Å². The quantitative estimate of drug-likeness (QED) is 0.715. The molecule has 1 heterocycles. The minimum absolute atomic E-state index is 0.0236. The first-order valence-corrected chi connectivity index (χ1v) is 6.13. The van der Waals surface area contributed by atoms with E-state index < -0.39 is 12.1 Å². The summed E-state index contributed by atoms with van der Waals surface area (Å²) in [5.41, 5.74) is 0. The van der Waals surface area contributed by atoms with Crippen molar-refractivity contribution in [2.45, 2.75) is 6.10 Å². The molecule has 2 N–H and O–H groups in total. The lowest BCUT2D eigenvalue weighted by molar-refractivity contribution is -0.126. The number of carbonyl (C=O) groups excluding carboxylic acids is 2. The Morgan fingerprint density at radius 1 is 1.40 bits per heavy atom. The van der Waals surface area contributed by atoms with Crippen LogP contribution in [0.1, 0.15) is 0 Å². The van der Waals surface area contributed by atoms with Gasteiger partial charge in [-0.2, -0.15) is 0 Å². The zero-order valence-corrected chi connectivity index (χ0v) is 11.0. The number of imide groups is 1. The zero-order chi connectivity index (χ0) is 14.5. The predicted molar refractivity (Wildman–Crippen MR) is 69.6 cm³/mol. The monoisotopic (exact) mass is 280 g/mol. The third kappa shape index (κ3) is 3.39. The van der Waals surface area contributed by atoms with Gasteiger partial charge in [-0.15, -0.1) is 0 Å². The van der Waals surface area contributed by atoms with E-state index in [1.807, 2.05) is 0 Å². The molecule has 0 aromatic heterocycles. The lowest BCUT2D eigenvalue weighted by Gasteiger charge is -2.17. The standard InChI is InChI=1S/C13H16N2O5/c1-19-10-3-2-4-11(5-10)20-8-9(16)7-15-12(17)6-14-13(15)18/h2-5,9,16H,6-8H2,1H3,(H,14,18). The number of rotatable bonds is 6. The molecule has 7 nitrogen and oxygen atoms in total. The van der Waals surface area contributed by atoms with Gasteiger partial charge in [0.15, 0.2) is 0 Å². The molecule has 0 saturated carbocycles.